The molecule has 0 aliphatic carbocycles. The Labute approximate surface area is 182 Å². The van der Waals surface area contributed by atoms with Crippen LogP contribution >= 0.6 is 0 Å². The van der Waals surface area contributed by atoms with Crippen LogP contribution in [0, 0.1) is 11.8 Å². The van der Waals surface area contributed by atoms with Crippen molar-refractivity contribution in [1.82, 2.24) is 9.62 Å². The summed E-state index contributed by atoms with van der Waals surface area (Å²) < 4.78 is 27.5. The Hall–Kier alpha value is -1.44. The molecule has 168 valence electrons. The quantitative estimate of drug-likeness (QED) is 0.642. The van der Waals surface area contributed by atoms with Crippen molar-refractivity contribution in [2.75, 3.05) is 32.7 Å². The van der Waals surface area contributed by atoms with Gasteiger partial charge in [-0.25, -0.2) is 8.42 Å². The topological polar surface area (TPSA) is 70.9 Å². The SMILES string of the molecule is C[C@@H]1C[C@H](C)CN(S(=O)(=O)c2ccc(C(=O)NCCC[NH+]3CCCC[C@H]3C)cc2)C1. The molecular weight excluding hydrogens is 398 g/mol. The summed E-state index contributed by atoms with van der Waals surface area (Å²) in [5, 5.41) is 2.97. The zero-order valence-electron chi connectivity index (χ0n) is 18.7. The van der Waals surface area contributed by atoms with Crippen LogP contribution in [0.3, 0.4) is 0 Å². The Morgan fingerprint density at radius 3 is 2.40 bits per heavy atom. The number of nitrogens with zero attached hydrogens (tertiary/aromatic N) is 1. The standard InChI is InChI=1S/C23H37N3O3S/c1-18-15-19(2)17-26(16-18)30(28,29)22-10-8-21(9-11-22)23(27)24-12-6-14-25-13-5-4-7-20(25)3/h8-11,18-20H,4-7,12-17H2,1-3H3,(H,24,27)/p+1/t18-,19+,20-/m1/s1. The van der Waals surface area contributed by atoms with Crippen molar-refractivity contribution in [3.63, 3.8) is 0 Å². The Morgan fingerprint density at radius 1 is 1.10 bits per heavy atom. The van der Waals surface area contributed by atoms with E-state index in [4.69, 9.17) is 0 Å². The van der Waals surface area contributed by atoms with Gasteiger partial charge in [0.1, 0.15) is 0 Å². The highest BCUT2D eigenvalue weighted by molar-refractivity contribution is 7.89. The van der Waals surface area contributed by atoms with E-state index in [1.165, 1.54) is 25.8 Å². The largest absolute Gasteiger partial charge is 0.352 e. The number of rotatable bonds is 7. The van der Waals surface area contributed by atoms with Crippen LogP contribution in [-0.2, 0) is 10.0 Å². The molecule has 1 aromatic carbocycles. The highest BCUT2D eigenvalue weighted by atomic mass is 32.2. The van der Waals surface area contributed by atoms with Gasteiger partial charge >= 0.3 is 0 Å². The van der Waals surface area contributed by atoms with Gasteiger partial charge in [0.15, 0.2) is 0 Å². The first-order valence-electron chi connectivity index (χ1n) is 11.5. The minimum Gasteiger partial charge on any atom is -0.352 e. The molecule has 4 atom stereocenters. The van der Waals surface area contributed by atoms with Gasteiger partial charge in [0.2, 0.25) is 10.0 Å². The van der Waals surface area contributed by atoms with Gasteiger partial charge in [-0.2, -0.15) is 4.31 Å². The first kappa shape index (κ1) is 23.2. The number of hydrogen-bond donors (Lipinski definition) is 2. The highest BCUT2D eigenvalue weighted by Crippen LogP contribution is 2.26. The molecule has 2 aliphatic rings. The molecule has 30 heavy (non-hydrogen) atoms. The van der Waals surface area contributed by atoms with E-state index in [2.05, 4.69) is 26.1 Å². The first-order chi connectivity index (χ1) is 14.3. The zero-order valence-corrected chi connectivity index (χ0v) is 19.5. The van der Waals surface area contributed by atoms with E-state index in [-0.39, 0.29) is 10.8 Å². The predicted molar refractivity (Wildman–Crippen MR) is 119 cm³/mol. The van der Waals surface area contributed by atoms with E-state index in [1.807, 2.05) is 0 Å². The van der Waals surface area contributed by atoms with Gasteiger partial charge in [-0.05, 0) is 68.7 Å². The number of sulfonamides is 1. The second kappa shape index (κ2) is 10.2. The minimum absolute atomic E-state index is 0.138. The molecular formula is C23H38N3O3S+. The fourth-order valence-electron chi connectivity index (χ4n) is 4.97. The van der Waals surface area contributed by atoms with E-state index in [0.29, 0.717) is 37.0 Å². The number of amides is 1. The molecule has 1 unspecified atom stereocenters. The molecule has 7 heteroatoms. The lowest BCUT2D eigenvalue weighted by atomic mass is 9.94. The number of hydrogen-bond acceptors (Lipinski definition) is 3. The van der Waals surface area contributed by atoms with Crippen LogP contribution in [0.5, 0.6) is 0 Å². The Morgan fingerprint density at radius 2 is 1.77 bits per heavy atom. The van der Waals surface area contributed by atoms with Crippen LogP contribution < -0.4 is 10.2 Å². The molecule has 0 radical (unpaired) electrons. The minimum atomic E-state index is -3.51. The van der Waals surface area contributed by atoms with Gasteiger partial charge < -0.3 is 10.2 Å². The number of nitrogens with one attached hydrogen (secondary N) is 2. The molecule has 0 bridgehead atoms. The molecule has 1 amide bonds. The van der Waals surface area contributed by atoms with Gasteiger partial charge in [-0.1, -0.05) is 13.8 Å². The van der Waals surface area contributed by atoms with E-state index >= 15 is 0 Å². The average Bonchev–Trinajstić information content (AvgIpc) is 2.71. The Bertz CT molecular complexity index is 799. The van der Waals surface area contributed by atoms with Crippen LogP contribution in [0.25, 0.3) is 0 Å². The lowest BCUT2D eigenvalue weighted by Crippen LogP contribution is -3.16. The van der Waals surface area contributed by atoms with Crippen molar-refractivity contribution >= 4 is 15.9 Å². The van der Waals surface area contributed by atoms with Crippen molar-refractivity contribution in [3.8, 4) is 0 Å². The van der Waals surface area contributed by atoms with Crippen molar-refractivity contribution in [1.29, 1.82) is 0 Å². The fourth-order valence-corrected chi connectivity index (χ4v) is 6.65. The summed E-state index contributed by atoms with van der Waals surface area (Å²) >= 11 is 0. The van der Waals surface area contributed by atoms with Gasteiger partial charge in [-0.15, -0.1) is 0 Å². The summed E-state index contributed by atoms with van der Waals surface area (Å²) in [6.07, 6.45) is 5.96. The number of benzene rings is 1. The van der Waals surface area contributed by atoms with Crippen molar-refractivity contribution in [3.05, 3.63) is 29.8 Å². The van der Waals surface area contributed by atoms with Gasteiger partial charge in [0, 0.05) is 31.6 Å². The molecule has 2 saturated heterocycles. The van der Waals surface area contributed by atoms with E-state index < -0.39 is 10.0 Å². The summed E-state index contributed by atoms with van der Waals surface area (Å²) in [5.41, 5.74) is 0.507. The lowest BCUT2D eigenvalue weighted by Gasteiger charge is -2.34. The molecule has 2 fully saturated rings. The molecule has 0 spiro atoms. The molecule has 2 heterocycles. The third-order valence-electron chi connectivity index (χ3n) is 6.63. The van der Waals surface area contributed by atoms with Crippen LogP contribution in [-0.4, -0.2) is 57.4 Å². The maximum atomic E-state index is 13.0. The number of piperidine rings is 2. The molecule has 2 N–H and O–H groups in total. The van der Waals surface area contributed by atoms with Gasteiger partial charge in [0.05, 0.1) is 24.0 Å². The summed E-state index contributed by atoms with van der Waals surface area (Å²) in [6, 6.07) is 7.09. The van der Waals surface area contributed by atoms with Gasteiger partial charge in [-0.3, -0.25) is 4.79 Å². The zero-order chi connectivity index (χ0) is 21.7. The van der Waals surface area contributed by atoms with E-state index in [0.717, 1.165) is 25.4 Å². The molecule has 3 rings (SSSR count). The molecule has 0 aromatic heterocycles. The third kappa shape index (κ3) is 5.83. The fraction of sp³-hybridized carbons (Fsp3) is 0.696. The van der Waals surface area contributed by atoms with Crippen LogP contribution in [0.1, 0.15) is 63.2 Å². The smallest absolute Gasteiger partial charge is 0.251 e. The van der Waals surface area contributed by atoms with Crippen LogP contribution in [0.2, 0.25) is 0 Å². The number of carbonyl (C=O) groups is 1. The monoisotopic (exact) mass is 436 g/mol. The van der Waals surface area contributed by atoms with Crippen molar-refractivity contribution in [2.24, 2.45) is 11.8 Å². The highest BCUT2D eigenvalue weighted by Gasteiger charge is 2.31. The molecule has 1 aromatic rings. The normalized spacial score (nSPS) is 28.2. The summed E-state index contributed by atoms with van der Waals surface area (Å²) in [4.78, 5) is 14.3. The number of carbonyl (C=O) groups excluding carboxylic acids is 1. The van der Waals surface area contributed by atoms with Gasteiger partial charge in [0.25, 0.3) is 5.91 Å². The second-order valence-electron chi connectivity index (χ2n) is 9.46. The van der Waals surface area contributed by atoms with E-state index in [9.17, 15) is 13.2 Å². The third-order valence-corrected chi connectivity index (χ3v) is 8.48. The van der Waals surface area contributed by atoms with Crippen LogP contribution in [0.4, 0.5) is 0 Å². The summed E-state index contributed by atoms with van der Waals surface area (Å²) in [7, 11) is -3.51. The number of quaternary nitrogens is 1. The Kier molecular flexibility index (Phi) is 7.93. The average molecular weight is 437 g/mol. The molecule has 6 nitrogen and oxygen atoms in total. The Balaban J connectivity index is 1.51. The van der Waals surface area contributed by atoms with Crippen molar-refractivity contribution < 1.29 is 18.1 Å². The maximum Gasteiger partial charge on any atom is 0.251 e. The first-order valence-corrected chi connectivity index (χ1v) is 12.9. The maximum absolute atomic E-state index is 13.0. The summed E-state index contributed by atoms with van der Waals surface area (Å²) in [5.74, 6) is 0.590. The molecule has 2 aliphatic heterocycles. The van der Waals surface area contributed by atoms with Crippen LogP contribution in [0.15, 0.2) is 29.2 Å². The molecule has 0 saturated carbocycles. The second-order valence-corrected chi connectivity index (χ2v) is 11.4. The van der Waals surface area contributed by atoms with E-state index in [1.54, 1.807) is 33.5 Å². The lowest BCUT2D eigenvalue weighted by molar-refractivity contribution is -0.928. The predicted octanol–water partition coefficient (Wildman–Crippen LogP) is 1.93. The summed E-state index contributed by atoms with van der Waals surface area (Å²) in [6.45, 7) is 10.6. The van der Waals surface area contributed by atoms with Crippen molar-refractivity contribution in [2.45, 2.75) is 63.8 Å². The number of likely N-dealkylation sites (tertiary alicyclic amines) is 1.